The molecular formula is C19H20N4O3S. The molecule has 0 spiro atoms. The van der Waals surface area contributed by atoms with Crippen molar-refractivity contribution in [2.24, 2.45) is 0 Å². The van der Waals surface area contributed by atoms with Crippen molar-refractivity contribution in [2.45, 2.75) is 25.9 Å². The fraction of sp³-hybridized carbons (Fsp3) is 0.263. The van der Waals surface area contributed by atoms with Crippen LogP contribution in [0.4, 0.5) is 0 Å². The van der Waals surface area contributed by atoms with Gasteiger partial charge in [0, 0.05) is 11.4 Å². The first-order valence-electron chi connectivity index (χ1n) is 8.31. The van der Waals surface area contributed by atoms with Gasteiger partial charge in [-0.2, -0.15) is 0 Å². The van der Waals surface area contributed by atoms with E-state index in [4.69, 9.17) is 4.74 Å². The lowest BCUT2D eigenvalue weighted by Gasteiger charge is -2.08. The van der Waals surface area contributed by atoms with E-state index in [0.29, 0.717) is 10.7 Å². The zero-order valence-corrected chi connectivity index (χ0v) is 16.3. The highest BCUT2D eigenvalue weighted by molar-refractivity contribution is 7.99. The van der Waals surface area contributed by atoms with E-state index in [1.165, 1.54) is 18.9 Å². The van der Waals surface area contributed by atoms with Gasteiger partial charge in [-0.15, -0.1) is 0 Å². The van der Waals surface area contributed by atoms with Gasteiger partial charge in [0.15, 0.2) is 5.16 Å². The molecule has 3 aromatic rings. The van der Waals surface area contributed by atoms with Gasteiger partial charge >= 0.3 is 5.97 Å². The number of hydrogen-bond donors (Lipinski definition) is 2. The molecule has 0 bridgehead atoms. The quantitative estimate of drug-likeness (QED) is 0.228. The number of rotatable bonds is 5. The number of aliphatic hydroxyl groups is 1. The van der Waals surface area contributed by atoms with Crippen molar-refractivity contribution in [3.63, 3.8) is 0 Å². The Morgan fingerprint density at radius 1 is 1.15 bits per heavy atom. The second-order valence-corrected chi connectivity index (χ2v) is 6.95. The Morgan fingerprint density at radius 3 is 2.44 bits per heavy atom. The first kappa shape index (κ1) is 18.9. The first-order chi connectivity index (χ1) is 12.9. The van der Waals surface area contributed by atoms with Crippen molar-refractivity contribution < 1.29 is 14.6 Å². The molecule has 3 rings (SSSR count). The Labute approximate surface area is 160 Å². The molecule has 8 heteroatoms. The Balaban J connectivity index is 1.93. The Kier molecular flexibility index (Phi) is 5.46. The summed E-state index contributed by atoms with van der Waals surface area (Å²) in [6.07, 6.45) is 0. The predicted octanol–water partition coefficient (Wildman–Crippen LogP) is 3.51. The average Bonchev–Trinajstić information content (AvgIpc) is 3.07. The number of ether oxygens (including phenoxy) is 1. The summed E-state index contributed by atoms with van der Waals surface area (Å²) < 4.78 is 4.83. The normalized spacial score (nSPS) is 12.1. The third-order valence-electron chi connectivity index (χ3n) is 4.25. The SMILES string of the molecule is COC(=O)/C(=C(/O)CSc1nc(C)c(C)c(C)n1)c1nc2ccccc2[nH]1. The molecule has 0 atom stereocenters. The number of esters is 1. The van der Waals surface area contributed by atoms with Gasteiger partial charge < -0.3 is 14.8 Å². The number of H-pyrrole nitrogens is 1. The molecule has 140 valence electrons. The number of nitrogens with one attached hydrogen (secondary N) is 1. The Hall–Kier alpha value is -2.87. The monoisotopic (exact) mass is 384 g/mol. The van der Waals surface area contributed by atoms with Gasteiger partial charge in [0.2, 0.25) is 0 Å². The van der Waals surface area contributed by atoms with E-state index in [-0.39, 0.29) is 22.9 Å². The molecule has 27 heavy (non-hydrogen) atoms. The number of fused-ring (bicyclic) bond motifs is 1. The maximum absolute atomic E-state index is 12.3. The van der Waals surface area contributed by atoms with Crippen molar-refractivity contribution in [3.05, 3.63) is 52.8 Å². The van der Waals surface area contributed by atoms with E-state index in [2.05, 4.69) is 19.9 Å². The molecule has 0 amide bonds. The van der Waals surface area contributed by atoms with Crippen molar-refractivity contribution in [3.8, 4) is 0 Å². The standard InChI is InChI=1S/C19H20N4O3S/c1-10-11(2)20-19(21-12(10)3)27-9-15(24)16(18(25)26-4)17-22-13-7-5-6-8-14(13)23-17/h5-8,24H,9H2,1-4H3,(H,22,23)/b16-15+. The second-order valence-electron chi connectivity index (χ2n) is 6.01. The smallest absolute Gasteiger partial charge is 0.345 e. The molecule has 0 unspecified atom stereocenters. The minimum atomic E-state index is -0.663. The van der Waals surface area contributed by atoms with E-state index >= 15 is 0 Å². The minimum Gasteiger partial charge on any atom is -0.510 e. The van der Waals surface area contributed by atoms with E-state index < -0.39 is 5.97 Å². The van der Waals surface area contributed by atoms with Crippen LogP contribution in [0.1, 0.15) is 22.8 Å². The highest BCUT2D eigenvalue weighted by Gasteiger charge is 2.22. The number of carbonyl (C=O) groups excluding carboxylic acids is 1. The van der Waals surface area contributed by atoms with Crippen molar-refractivity contribution in [2.75, 3.05) is 12.9 Å². The molecule has 0 fully saturated rings. The lowest BCUT2D eigenvalue weighted by molar-refractivity contribution is -0.133. The third kappa shape index (κ3) is 3.95. The molecular weight excluding hydrogens is 364 g/mol. The number of thioether (sulfide) groups is 1. The van der Waals surface area contributed by atoms with Crippen LogP contribution in [-0.4, -0.2) is 43.9 Å². The maximum Gasteiger partial charge on any atom is 0.345 e. The van der Waals surface area contributed by atoms with E-state index in [1.54, 1.807) is 0 Å². The highest BCUT2D eigenvalue weighted by Crippen LogP contribution is 2.25. The van der Waals surface area contributed by atoms with E-state index in [1.807, 2.05) is 45.0 Å². The molecule has 0 aliphatic rings. The van der Waals surface area contributed by atoms with Crippen molar-refractivity contribution in [1.82, 2.24) is 19.9 Å². The van der Waals surface area contributed by atoms with Crippen LogP contribution in [0, 0.1) is 20.8 Å². The van der Waals surface area contributed by atoms with Crippen LogP contribution >= 0.6 is 11.8 Å². The number of para-hydroxylation sites is 2. The number of aromatic nitrogens is 4. The van der Waals surface area contributed by atoms with Crippen LogP contribution in [0.3, 0.4) is 0 Å². The zero-order chi connectivity index (χ0) is 19.6. The molecule has 7 nitrogen and oxygen atoms in total. The fourth-order valence-corrected chi connectivity index (χ4v) is 3.35. The molecule has 0 saturated heterocycles. The summed E-state index contributed by atoms with van der Waals surface area (Å²) in [6, 6.07) is 7.38. The van der Waals surface area contributed by atoms with Gasteiger partial charge in [0.1, 0.15) is 17.2 Å². The second kappa shape index (κ2) is 7.79. The van der Waals surface area contributed by atoms with Gasteiger partial charge in [-0.25, -0.2) is 19.7 Å². The summed E-state index contributed by atoms with van der Waals surface area (Å²) in [5.74, 6) is -0.434. The summed E-state index contributed by atoms with van der Waals surface area (Å²) >= 11 is 1.24. The molecule has 2 N–H and O–H groups in total. The van der Waals surface area contributed by atoms with Gasteiger partial charge in [0.05, 0.1) is 23.9 Å². The highest BCUT2D eigenvalue weighted by atomic mass is 32.2. The number of imidazole rings is 1. The lowest BCUT2D eigenvalue weighted by Crippen LogP contribution is -2.10. The summed E-state index contributed by atoms with van der Waals surface area (Å²) in [6.45, 7) is 5.80. The van der Waals surface area contributed by atoms with Crippen LogP contribution in [0.5, 0.6) is 0 Å². The van der Waals surface area contributed by atoms with Crippen molar-refractivity contribution >= 4 is 34.3 Å². The van der Waals surface area contributed by atoms with Gasteiger partial charge in [-0.05, 0) is 38.5 Å². The van der Waals surface area contributed by atoms with Gasteiger partial charge in [-0.1, -0.05) is 23.9 Å². The number of carbonyl (C=O) groups is 1. The molecule has 2 aromatic heterocycles. The van der Waals surface area contributed by atoms with E-state index in [9.17, 15) is 9.90 Å². The summed E-state index contributed by atoms with van der Waals surface area (Å²) in [7, 11) is 1.27. The lowest BCUT2D eigenvalue weighted by atomic mass is 10.2. The van der Waals surface area contributed by atoms with Crippen LogP contribution in [0.2, 0.25) is 0 Å². The summed E-state index contributed by atoms with van der Waals surface area (Å²) in [4.78, 5) is 28.5. The van der Waals surface area contributed by atoms with Gasteiger partial charge in [0.25, 0.3) is 0 Å². The average molecular weight is 384 g/mol. The number of methoxy groups -OCH3 is 1. The third-order valence-corrected chi connectivity index (χ3v) is 5.11. The number of aliphatic hydroxyl groups excluding tert-OH is 1. The summed E-state index contributed by atoms with van der Waals surface area (Å²) in [5, 5.41) is 11.1. The fourth-order valence-electron chi connectivity index (χ4n) is 2.54. The van der Waals surface area contributed by atoms with Crippen LogP contribution in [0.15, 0.2) is 35.2 Å². The van der Waals surface area contributed by atoms with Gasteiger partial charge in [-0.3, -0.25) is 0 Å². The zero-order valence-electron chi connectivity index (χ0n) is 15.5. The molecule has 2 heterocycles. The van der Waals surface area contributed by atoms with Crippen LogP contribution in [0.25, 0.3) is 16.6 Å². The predicted molar refractivity (Wildman–Crippen MR) is 105 cm³/mol. The number of nitrogens with zero attached hydrogens (tertiary/aromatic N) is 3. The Morgan fingerprint density at radius 2 is 1.81 bits per heavy atom. The molecule has 0 radical (unpaired) electrons. The van der Waals surface area contributed by atoms with Crippen molar-refractivity contribution in [1.29, 1.82) is 0 Å². The van der Waals surface area contributed by atoms with Crippen LogP contribution < -0.4 is 0 Å². The molecule has 0 saturated carbocycles. The maximum atomic E-state index is 12.3. The molecule has 0 aliphatic heterocycles. The largest absolute Gasteiger partial charge is 0.510 e. The minimum absolute atomic E-state index is 0.00163. The number of hydrogen-bond acceptors (Lipinski definition) is 7. The summed E-state index contributed by atoms with van der Waals surface area (Å²) in [5.41, 5.74) is 4.28. The topological polar surface area (TPSA) is 101 Å². The van der Waals surface area contributed by atoms with Crippen LogP contribution in [-0.2, 0) is 9.53 Å². The first-order valence-corrected chi connectivity index (χ1v) is 9.29. The molecule has 0 aliphatic carbocycles. The Bertz CT molecular complexity index is 986. The number of aryl methyl sites for hydroxylation is 2. The number of benzene rings is 1. The molecule has 1 aromatic carbocycles. The van der Waals surface area contributed by atoms with E-state index in [0.717, 1.165) is 22.5 Å². The number of aromatic amines is 1.